The molecule has 1 unspecified atom stereocenters. The lowest BCUT2D eigenvalue weighted by Gasteiger charge is -2.32. The van der Waals surface area contributed by atoms with Crippen LogP contribution in [0.1, 0.15) is 37.8 Å². The van der Waals surface area contributed by atoms with Crippen LogP contribution in [-0.4, -0.2) is 36.3 Å². The van der Waals surface area contributed by atoms with Gasteiger partial charge in [0.25, 0.3) is 0 Å². The van der Waals surface area contributed by atoms with E-state index in [2.05, 4.69) is 5.32 Å². The number of nitrogens with zero attached hydrogens (tertiary/aromatic N) is 1. The van der Waals surface area contributed by atoms with Crippen molar-refractivity contribution in [3.8, 4) is 0 Å². The molecule has 1 saturated heterocycles. The molecule has 1 aromatic rings. The first kappa shape index (κ1) is 18.3. The highest BCUT2D eigenvalue weighted by molar-refractivity contribution is 5.79. The van der Waals surface area contributed by atoms with Gasteiger partial charge >= 0.3 is 0 Å². The molecular formula is C17H23F2N3O2. The number of halogens is 2. The maximum absolute atomic E-state index is 14.0. The quantitative estimate of drug-likeness (QED) is 0.858. The number of hydrogen-bond acceptors (Lipinski definition) is 3. The van der Waals surface area contributed by atoms with Gasteiger partial charge in [-0.15, -0.1) is 0 Å². The van der Waals surface area contributed by atoms with Gasteiger partial charge in [0.2, 0.25) is 11.8 Å². The van der Waals surface area contributed by atoms with Crippen molar-refractivity contribution in [3.63, 3.8) is 0 Å². The van der Waals surface area contributed by atoms with Gasteiger partial charge in [-0.3, -0.25) is 9.59 Å². The van der Waals surface area contributed by atoms with Crippen molar-refractivity contribution in [2.24, 2.45) is 11.7 Å². The van der Waals surface area contributed by atoms with Gasteiger partial charge in [-0.25, -0.2) is 8.78 Å². The lowest BCUT2D eigenvalue weighted by molar-refractivity contribution is -0.133. The highest BCUT2D eigenvalue weighted by atomic mass is 19.1. The summed E-state index contributed by atoms with van der Waals surface area (Å²) in [6.45, 7) is 3.13. The van der Waals surface area contributed by atoms with E-state index in [1.54, 1.807) is 4.90 Å². The molecule has 5 nitrogen and oxygen atoms in total. The summed E-state index contributed by atoms with van der Waals surface area (Å²) in [6, 6.07) is 2.31. The van der Waals surface area contributed by atoms with E-state index >= 15 is 0 Å². The van der Waals surface area contributed by atoms with E-state index in [1.807, 2.05) is 0 Å². The molecule has 0 saturated carbocycles. The molecule has 2 amide bonds. The van der Waals surface area contributed by atoms with Crippen molar-refractivity contribution >= 4 is 11.8 Å². The molecule has 1 fully saturated rings. The Balaban J connectivity index is 2.08. The Hall–Kier alpha value is -2.02. The van der Waals surface area contributed by atoms with Gasteiger partial charge in [0.05, 0.1) is 12.5 Å². The van der Waals surface area contributed by atoms with Crippen LogP contribution in [0, 0.1) is 17.6 Å². The monoisotopic (exact) mass is 339 g/mol. The lowest BCUT2D eigenvalue weighted by Crippen LogP contribution is -2.42. The zero-order valence-electron chi connectivity index (χ0n) is 13.7. The number of rotatable bonds is 5. The molecule has 132 valence electrons. The normalized spacial score (nSPS) is 16.8. The molecule has 0 spiro atoms. The molecular weight excluding hydrogens is 316 g/mol. The van der Waals surface area contributed by atoms with Crippen LogP contribution in [0.4, 0.5) is 8.78 Å². The summed E-state index contributed by atoms with van der Waals surface area (Å²) in [7, 11) is 0. The third-order valence-electron chi connectivity index (χ3n) is 4.39. The first-order chi connectivity index (χ1) is 11.4. The molecule has 1 heterocycles. The number of carbonyl (C=O) groups excluding carboxylic acids is 2. The third-order valence-corrected chi connectivity index (χ3v) is 4.39. The molecule has 1 aliphatic rings. The summed E-state index contributed by atoms with van der Waals surface area (Å²) < 4.78 is 27.1. The highest BCUT2D eigenvalue weighted by Crippen LogP contribution is 2.24. The maximum atomic E-state index is 14.0. The molecule has 0 radical (unpaired) electrons. The molecule has 1 aromatic carbocycles. The Kier molecular flexibility index (Phi) is 6.25. The van der Waals surface area contributed by atoms with Crippen molar-refractivity contribution in [2.75, 3.05) is 19.6 Å². The van der Waals surface area contributed by atoms with Crippen LogP contribution in [0.15, 0.2) is 18.2 Å². The summed E-state index contributed by atoms with van der Waals surface area (Å²) in [5.74, 6) is -1.59. The Labute approximate surface area is 140 Å². The number of hydrogen-bond donors (Lipinski definition) is 2. The van der Waals surface area contributed by atoms with E-state index in [4.69, 9.17) is 5.73 Å². The average Bonchev–Trinajstić information content (AvgIpc) is 2.54. The van der Waals surface area contributed by atoms with Crippen molar-refractivity contribution in [1.29, 1.82) is 0 Å². The smallest absolute Gasteiger partial charge is 0.224 e. The van der Waals surface area contributed by atoms with Crippen molar-refractivity contribution in [1.82, 2.24) is 10.2 Å². The van der Waals surface area contributed by atoms with Gasteiger partial charge in [0.1, 0.15) is 11.6 Å². The second-order valence-corrected chi connectivity index (χ2v) is 6.18. The fraction of sp³-hybridized carbons (Fsp3) is 0.529. The lowest BCUT2D eigenvalue weighted by atomic mass is 9.96. The molecule has 0 aliphatic carbocycles. The minimum absolute atomic E-state index is 0.0601. The second-order valence-electron chi connectivity index (χ2n) is 6.18. The van der Waals surface area contributed by atoms with Crippen LogP contribution in [-0.2, 0) is 9.59 Å². The molecule has 0 aromatic heterocycles. The summed E-state index contributed by atoms with van der Waals surface area (Å²) in [5.41, 5.74) is 5.75. The van der Waals surface area contributed by atoms with E-state index in [0.717, 1.165) is 25.0 Å². The Morgan fingerprint density at radius 1 is 1.33 bits per heavy atom. The summed E-state index contributed by atoms with van der Waals surface area (Å²) in [5, 5.41) is 2.58. The van der Waals surface area contributed by atoms with Gasteiger partial charge in [-0.1, -0.05) is 6.07 Å². The number of piperidine rings is 1. The summed E-state index contributed by atoms with van der Waals surface area (Å²) in [4.78, 5) is 25.6. The van der Waals surface area contributed by atoms with E-state index in [-0.39, 0.29) is 23.8 Å². The Morgan fingerprint density at radius 3 is 2.54 bits per heavy atom. The minimum atomic E-state index is -0.817. The van der Waals surface area contributed by atoms with Gasteiger partial charge in [0.15, 0.2) is 0 Å². The molecule has 7 heteroatoms. The summed E-state index contributed by atoms with van der Waals surface area (Å²) >= 11 is 0. The number of benzene rings is 1. The molecule has 24 heavy (non-hydrogen) atoms. The number of nitrogens with two attached hydrogens (primary N) is 1. The zero-order valence-corrected chi connectivity index (χ0v) is 13.7. The van der Waals surface area contributed by atoms with Crippen LogP contribution in [0.3, 0.4) is 0 Å². The zero-order chi connectivity index (χ0) is 17.7. The average molecular weight is 339 g/mol. The highest BCUT2D eigenvalue weighted by Gasteiger charge is 2.26. The van der Waals surface area contributed by atoms with Gasteiger partial charge < -0.3 is 16.0 Å². The third kappa shape index (κ3) is 4.74. The van der Waals surface area contributed by atoms with Crippen LogP contribution in [0.5, 0.6) is 0 Å². The van der Waals surface area contributed by atoms with Crippen LogP contribution in [0.25, 0.3) is 0 Å². The molecule has 0 bridgehead atoms. The SMILES string of the molecule is CC(=O)NC(CC(=O)N1CCC(CN)CC1)c1ccc(F)cc1F. The minimum Gasteiger partial charge on any atom is -0.349 e. The van der Waals surface area contributed by atoms with Crippen LogP contribution < -0.4 is 11.1 Å². The fourth-order valence-electron chi connectivity index (χ4n) is 2.99. The number of amides is 2. The van der Waals surface area contributed by atoms with E-state index in [0.29, 0.717) is 25.6 Å². The first-order valence-electron chi connectivity index (χ1n) is 8.10. The maximum Gasteiger partial charge on any atom is 0.224 e. The molecule has 1 atom stereocenters. The van der Waals surface area contributed by atoms with E-state index < -0.39 is 17.7 Å². The Bertz CT molecular complexity index is 601. The largest absolute Gasteiger partial charge is 0.349 e. The van der Waals surface area contributed by atoms with Crippen molar-refractivity contribution < 1.29 is 18.4 Å². The molecule has 3 N–H and O–H groups in total. The van der Waals surface area contributed by atoms with Gasteiger partial charge in [-0.05, 0) is 31.4 Å². The number of likely N-dealkylation sites (tertiary alicyclic amines) is 1. The first-order valence-corrected chi connectivity index (χ1v) is 8.10. The van der Waals surface area contributed by atoms with E-state index in [9.17, 15) is 18.4 Å². The van der Waals surface area contributed by atoms with Gasteiger partial charge in [0, 0.05) is 31.6 Å². The summed E-state index contributed by atoms with van der Waals surface area (Å²) in [6.07, 6.45) is 1.63. The van der Waals surface area contributed by atoms with E-state index in [1.165, 1.54) is 13.0 Å². The number of nitrogens with one attached hydrogen (secondary N) is 1. The van der Waals surface area contributed by atoms with Crippen LogP contribution >= 0.6 is 0 Å². The topological polar surface area (TPSA) is 75.4 Å². The molecule has 2 rings (SSSR count). The van der Waals surface area contributed by atoms with Crippen molar-refractivity contribution in [2.45, 2.75) is 32.2 Å². The van der Waals surface area contributed by atoms with Crippen molar-refractivity contribution in [3.05, 3.63) is 35.4 Å². The molecule has 1 aliphatic heterocycles. The predicted octanol–water partition coefficient (Wildman–Crippen LogP) is 1.73. The predicted molar refractivity (Wildman–Crippen MR) is 85.9 cm³/mol. The standard InChI is InChI=1S/C17H23F2N3O2/c1-11(23)21-16(14-3-2-13(18)8-15(14)19)9-17(24)22-6-4-12(10-20)5-7-22/h2-3,8,12,16H,4-7,9-10,20H2,1H3,(H,21,23). The second kappa shape index (κ2) is 8.19. The van der Waals surface area contributed by atoms with Gasteiger partial charge in [-0.2, -0.15) is 0 Å². The number of carbonyl (C=O) groups is 2. The van der Waals surface area contributed by atoms with Crippen LogP contribution in [0.2, 0.25) is 0 Å². The Morgan fingerprint density at radius 2 is 2.00 bits per heavy atom. The fourth-order valence-corrected chi connectivity index (χ4v) is 2.99.